The van der Waals surface area contributed by atoms with Crippen LogP contribution in [0, 0.1) is 13.8 Å². The molecule has 0 spiro atoms. The molecule has 0 aliphatic carbocycles. The molecule has 0 unspecified atom stereocenters. The minimum Gasteiger partial charge on any atom is -0.376 e. The number of hydrogen-bond donors (Lipinski definition) is 0. The van der Waals surface area contributed by atoms with Gasteiger partial charge in [0.1, 0.15) is 0 Å². The predicted octanol–water partition coefficient (Wildman–Crippen LogP) is 2.15. The van der Waals surface area contributed by atoms with Gasteiger partial charge in [0.2, 0.25) is 0 Å². The largest absolute Gasteiger partial charge is 3.00 e. The Hall–Kier alpha value is -0.336. The van der Waals surface area contributed by atoms with Gasteiger partial charge in [-0.1, -0.05) is 6.07 Å². The van der Waals surface area contributed by atoms with E-state index in [2.05, 4.69) is 13.8 Å². The van der Waals surface area contributed by atoms with Gasteiger partial charge in [-0.3, -0.25) is 0 Å². The standard InChI is InChI=1S/C7H5O.C5H8O.Y/c8-6-7-4-2-1-3-5-7;1-3-5(6)4-2;/h1-5H;1-4H2;/q-1;-2;+3. The van der Waals surface area contributed by atoms with Crippen molar-refractivity contribution in [1.29, 1.82) is 0 Å². The third kappa shape index (κ3) is 9.96. The smallest absolute Gasteiger partial charge is 0.376 e. The molecule has 0 N–H and O–H groups in total. The summed E-state index contributed by atoms with van der Waals surface area (Å²) in [4.78, 5) is 19.9. The summed E-state index contributed by atoms with van der Waals surface area (Å²) in [5.74, 6) is 0.120. The van der Waals surface area contributed by atoms with Gasteiger partial charge in [0.25, 0.3) is 0 Å². The third-order valence-electron chi connectivity index (χ3n) is 1.45. The summed E-state index contributed by atoms with van der Waals surface area (Å²) in [5.41, 5.74) is 0.604. The van der Waals surface area contributed by atoms with Crippen molar-refractivity contribution >= 4 is 12.1 Å². The number of benzene rings is 1. The molecule has 0 saturated heterocycles. The second-order valence-corrected chi connectivity index (χ2v) is 2.51. The first-order valence-corrected chi connectivity index (χ1v) is 4.28. The Morgan fingerprint density at radius 3 is 1.80 bits per heavy atom. The molecular weight excluding hydrogens is 265 g/mol. The molecule has 0 bridgehead atoms. The molecule has 1 aromatic carbocycles. The fourth-order valence-electron chi connectivity index (χ4n) is 0.631. The van der Waals surface area contributed by atoms with Crippen molar-refractivity contribution in [2.45, 2.75) is 12.8 Å². The maximum atomic E-state index is 10.1. The Labute approximate surface area is 116 Å². The van der Waals surface area contributed by atoms with Gasteiger partial charge in [-0.2, -0.15) is 17.7 Å². The fraction of sp³-hybridized carbons (Fsp3) is 0.167. The average Bonchev–Trinajstić information content (AvgIpc) is 2.30. The molecule has 2 nitrogen and oxygen atoms in total. The molecule has 0 atom stereocenters. The SMILES string of the molecule is O=[C-]c1ccccc1.[CH2-]CC(=O)C[CH2-].[Y+3]. The van der Waals surface area contributed by atoms with Crippen LogP contribution < -0.4 is 0 Å². The van der Waals surface area contributed by atoms with E-state index in [9.17, 15) is 9.59 Å². The van der Waals surface area contributed by atoms with E-state index in [4.69, 9.17) is 0 Å². The maximum Gasteiger partial charge on any atom is 3.00 e. The van der Waals surface area contributed by atoms with Crippen LogP contribution in [0.3, 0.4) is 0 Å². The van der Waals surface area contributed by atoms with Crippen LogP contribution in [0.25, 0.3) is 0 Å². The van der Waals surface area contributed by atoms with Crippen LogP contribution in [0.2, 0.25) is 0 Å². The molecule has 0 saturated carbocycles. The predicted molar refractivity (Wildman–Crippen MR) is 56.2 cm³/mol. The number of carbonyl (C=O) groups is 1. The molecule has 0 fully saturated rings. The molecular formula is C12H13O2Y. The zero-order chi connectivity index (χ0) is 10.8. The number of carbonyl (C=O) groups excluding carboxylic acids is 2. The van der Waals surface area contributed by atoms with Gasteiger partial charge in [0.05, 0.1) is 12.1 Å². The van der Waals surface area contributed by atoms with Gasteiger partial charge in [-0.05, 0) is 0 Å². The second-order valence-electron chi connectivity index (χ2n) is 2.51. The number of ketones is 1. The van der Waals surface area contributed by atoms with Crippen LogP contribution in [0.5, 0.6) is 0 Å². The maximum absolute atomic E-state index is 10.1. The molecule has 0 aromatic heterocycles. The minimum absolute atomic E-state index is 0. The Morgan fingerprint density at radius 2 is 1.60 bits per heavy atom. The summed E-state index contributed by atoms with van der Waals surface area (Å²) < 4.78 is 0. The number of hydrogen-bond acceptors (Lipinski definition) is 2. The monoisotopic (exact) mass is 278 g/mol. The van der Waals surface area contributed by atoms with Crippen molar-refractivity contribution < 1.29 is 42.3 Å². The zero-order valence-corrected chi connectivity index (χ0v) is 11.4. The molecule has 3 heteroatoms. The topological polar surface area (TPSA) is 34.1 Å². The molecule has 76 valence electrons. The quantitative estimate of drug-likeness (QED) is 0.794. The Morgan fingerprint density at radius 1 is 1.13 bits per heavy atom. The Kier molecular flexibility index (Phi) is 13.4. The van der Waals surface area contributed by atoms with Crippen LogP contribution >= 0.6 is 0 Å². The van der Waals surface area contributed by atoms with Crippen molar-refractivity contribution in [3.05, 3.63) is 49.7 Å². The van der Waals surface area contributed by atoms with Crippen molar-refractivity contribution in [3.8, 4) is 0 Å². The number of Topliss-reactive ketones (excluding diaryl/α,β-unsaturated/α-hetero) is 1. The minimum atomic E-state index is 0. The number of rotatable bonds is 3. The summed E-state index contributed by atoms with van der Waals surface area (Å²) in [6, 6.07) is 8.90. The van der Waals surface area contributed by atoms with Crippen LogP contribution in [0.4, 0.5) is 0 Å². The molecule has 0 aliphatic rings. The molecule has 15 heavy (non-hydrogen) atoms. The molecule has 0 radical (unpaired) electrons. The first-order valence-electron chi connectivity index (χ1n) is 4.28. The van der Waals surface area contributed by atoms with E-state index in [1.807, 2.05) is 6.07 Å². The Bertz CT molecular complexity index is 264. The van der Waals surface area contributed by atoms with Crippen molar-refractivity contribution in [2.75, 3.05) is 0 Å². The van der Waals surface area contributed by atoms with Crippen LogP contribution in [-0.2, 0) is 42.3 Å². The summed E-state index contributed by atoms with van der Waals surface area (Å²) in [6.45, 7) is 6.73. The summed E-state index contributed by atoms with van der Waals surface area (Å²) in [6.07, 6.45) is 2.53. The summed E-state index contributed by atoms with van der Waals surface area (Å²) >= 11 is 0. The van der Waals surface area contributed by atoms with E-state index >= 15 is 0 Å². The van der Waals surface area contributed by atoms with Crippen LogP contribution in [0.15, 0.2) is 30.3 Å². The van der Waals surface area contributed by atoms with Crippen molar-refractivity contribution in [3.63, 3.8) is 0 Å². The normalized spacial score (nSPS) is 7.87. The molecule has 0 aliphatic heterocycles. The molecule has 1 rings (SSSR count). The van der Waals surface area contributed by atoms with E-state index in [0.717, 1.165) is 0 Å². The van der Waals surface area contributed by atoms with Gasteiger partial charge in [-0.25, -0.2) is 0 Å². The first kappa shape index (κ1) is 17.1. The van der Waals surface area contributed by atoms with Gasteiger partial charge >= 0.3 is 32.7 Å². The Balaban J connectivity index is 0. The van der Waals surface area contributed by atoms with E-state index in [-0.39, 0.29) is 38.5 Å². The van der Waals surface area contributed by atoms with Crippen molar-refractivity contribution in [1.82, 2.24) is 0 Å². The van der Waals surface area contributed by atoms with Crippen LogP contribution in [-0.4, -0.2) is 12.1 Å². The second kappa shape index (κ2) is 11.7. The van der Waals surface area contributed by atoms with Gasteiger partial charge < -0.3 is 23.4 Å². The van der Waals surface area contributed by atoms with Gasteiger partial charge in [0, 0.05) is 0 Å². The van der Waals surface area contributed by atoms with E-state index < -0.39 is 0 Å². The van der Waals surface area contributed by atoms with E-state index in [1.165, 1.54) is 0 Å². The molecule has 1 aromatic rings. The molecule has 0 amide bonds. The zero-order valence-electron chi connectivity index (χ0n) is 8.61. The van der Waals surface area contributed by atoms with E-state index in [0.29, 0.717) is 18.4 Å². The van der Waals surface area contributed by atoms with Crippen molar-refractivity contribution in [2.24, 2.45) is 0 Å². The first-order chi connectivity index (χ1) is 6.74. The molecule has 0 heterocycles. The van der Waals surface area contributed by atoms with Crippen LogP contribution in [0.1, 0.15) is 18.4 Å². The van der Waals surface area contributed by atoms with E-state index in [1.54, 1.807) is 30.6 Å². The third-order valence-corrected chi connectivity index (χ3v) is 1.45. The summed E-state index contributed by atoms with van der Waals surface area (Å²) in [7, 11) is 0. The fourth-order valence-corrected chi connectivity index (χ4v) is 0.631. The average molecular weight is 278 g/mol. The summed E-state index contributed by atoms with van der Waals surface area (Å²) in [5, 5.41) is 0. The van der Waals surface area contributed by atoms with Gasteiger partial charge in [0.15, 0.2) is 0 Å². The van der Waals surface area contributed by atoms with Gasteiger partial charge in [-0.15, -0.1) is 25.0 Å².